The third-order valence-electron chi connectivity index (χ3n) is 4.66. The van der Waals surface area contributed by atoms with Crippen LogP contribution in [0.5, 0.6) is 0 Å². The molecule has 0 atom stereocenters. The zero-order valence-electron chi connectivity index (χ0n) is 16.0. The summed E-state index contributed by atoms with van der Waals surface area (Å²) in [6.07, 6.45) is 13.9. The summed E-state index contributed by atoms with van der Waals surface area (Å²) in [4.78, 5) is 4.87. The summed E-state index contributed by atoms with van der Waals surface area (Å²) >= 11 is 0. The SMILES string of the molecule is Cc1cn(-c2c(C(C)C)cccc2C(C)C)c(C2=CCC=CC=C2)n1. The van der Waals surface area contributed by atoms with Crippen LogP contribution in [-0.4, -0.2) is 9.55 Å². The standard InChI is InChI=1S/C23H28N2/c1-16(2)20-13-10-14-21(17(3)4)22(20)25-15-18(5)24-23(25)19-11-8-6-7-9-12-19/h6-8,10-17H,9H2,1-5H3. The lowest BCUT2D eigenvalue weighted by Crippen LogP contribution is -2.09. The van der Waals surface area contributed by atoms with Gasteiger partial charge in [-0.15, -0.1) is 0 Å². The van der Waals surface area contributed by atoms with Crippen molar-refractivity contribution in [3.63, 3.8) is 0 Å². The molecule has 1 aromatic heterocycles. The van der Waals surface area contributed by atoms with Gasteiger partial charge in [0.25, 0.3) is 0 Å². The van der Waals surface area contributed by atoms with Gasteiger partial charge in [-0.2, -0.15) is 0 Å². The molecule has 0 spiro atoms. The van der Waals surface area contributed by atoms with E-state index in [-0.39, 0.29) is 0 Å². The van der Waals surface area contributed by atoms with Gasteiger partial charge in [-0.05, 0) is 36.3 Å². The van der Waals surface area contributed by atoms with E-state index in [1.54, 1.807) is 0 Å². The number of hydrogen-bond acceptors (Lipinski definition) is 1. The first-order valence-electron chi connectivity index (χ1n) is 9.22. The van der Waals surface area contributed by atoms with E-state index >= 15 is 0 Å². The molecule has 1 aliphatic rings. The molecule has 2 aromatic rings. The number of benzene rings is 1. The molecule has 0 aliphatic heterocycles. The van der Waals surface area contributed by atoms with Crippen LogP contribution in [0.3, 0.4) is 0 Å². The molecule has 1 heterocycles. The second kappa shape index (κ2) is 7.26. The van der Waals surface area contributed by atoms with Gasteiger partial charge in [0, 0.05) is 11.8 Å². The van der Waals surface area contributed by atoms with E-state index in [9.17, 15) is 0 Å². The molecule has 0 unspecified atom stereocenters. The molecule has 1 aromatic carbocycles. The molecule has 0 saturated heterocycles. The summed E-state index contributed by atoms with van der Waals surface area (Å²) < 4.78 is 2.31. The van der Waals surface area contributed by atoms with E-state index in [0.29, 0.717) is 11.8 Å². The fraction of sp³-hybridized carbons (Fsp3) is 0.348. The molecular formula is C23H28N2. The van der Waals surface area contributed by atoms with Crippen LogP contribution >= 0.6 is 0 Å². The second-order valence-corrected chi connectivity index (χ2v) is 7.35. The van der Waals surface area contributed by atoms with Gasteiger partial charge in [0.1, 0.15) is 5.82 Å². The Bertz CT molecular complexity index is 819. The zero-order valence-corrected chi connectivity index (χ0v) is 16.0. The molecule has 2 nitrogen and oxygen atoms in total. The van der Waals surface area contributed by atoms with Crippen molar-refractivity contribution in [3.8, 4) is 5.69 Å². The lowest BCUT2D eigenvalue weighted by Gasteiger charge is -2.22. The van der Waals surface area contributed by atoms with Crippen molar-refractivity contribution in [2.75, 3.05) is 0 Å². The highest BCUT2D eigenvalue weighted by atomic mass is 15.1. The van der Waals surface area contributed by atoms with Crippen molar-refractivity contribution >= 4 is 5.57 Å². The molecule has 1 aliphatic carbocycles. The first-order valence-corrected chi connectivity index (χ1v) is 9.22. The number of allylic oxidation sites excluding steroid dienone is 6. The first-order chi connectivity index (χ1) is 12.0. The molecule has 0 N–H and O–H groups in total. The second-order valence-electron chi connectivity index (χ2n) is 7.35. The van der Waals surface area contributed by atoms with Gasteiger partial charge in [0.05, 0.1) is 11.4 Å². The van der Waals surface area contributed by atoms with Crippen molar-refractivity contribution < 1.29 is 0 Å². The van der Waals surface area contributed by atoms with Crippen LogP contribution in [0.1, 0.15) is 68.6 Å². The molecular weight excluding hydrogens is 304 g/mol. The van der Waals surface area contributed by atoms with Crippen LogP contribution in [0.15, 0.2) is 54.8 Å². The fourth-order valence-corrected chi connectivity index (χ4v) is 3.41. The molecule has 3 rings (SSSR count). The minimum absolute atomic E-state index is 0.463. The van der Waals surface area contributed by atoms with Crippen LogP contribution in [-0.2, 0) is 0 Å². The molecule has 2 heteroatoms. The highest BCUT2D eigenvalue weighted by Crippen LogP contribution is 2.33. The van der Waals surface area contributed by atoms with Crippen molar-refractivity contribution in [2.45, 2.75) is 52.9 Å². The van der Waals surface area contributed by atoms with Gasteiger partial charge in [-0.25, -0.2) is 4.98 Å². The van der Waals surface area contributed by atoms with E-state index in [1.165, 1.54) is 22.4 Å². The topological polar surface area (TPSA) is 17.8 Å². The zero-order chi connectivity index (χ0) is 18.0. The Hall–Kier alpha value is -2.35. The van der Waals surface area contributed by atoms with E-state index in [2.05, 4.69) is 94.0 Å². The molecule has 130 valence electrons. The maximum Gasteiger partial charge on any atom is 0.144 e. The summed E-state index contributed by atoms with van der Waals surface area (Å²) in [7, 11) is 0. The maximum atomic E-state index is 4.87. The number of para-hydroxylation sites is 1. The molecule has 0 saturated carbocycles. The van der Waals surface area contributed by atoms with Crippen LogP contribution < -0.4 is 0 Å². The third-order valence-corrected chi connectivity index (χ3v) is 4.66. The van der Waals surface area contributed by atoms with Crippen LogP contribution in [0, 0.1) is 6.92 Å². The van der Waals surface area contributed by atoms with Gasteiger partial charge in [0.15, 0.2) is 0 Å². The van der Waals surface area contributed by atoms with Gasteiger partial charge in [-0.1, -0.05) is 76.3 Å². The Morgan fingerprint density at radius 2 is 1.68 bits per heavy atom. The smallest absolute Gasteiger partial charge is 0.144 e. The minimum Gasteiger partial charge on any atom is -0.299 e. The van der Waals surface area contributed by atoms with E-state index < -0.39 is 0 Å². The lowest BCUT2D eigenvalue weighted by molar-refractivity contribution is 0.802. The molecule has 0 radical (unpaired) electrons. The summed E-state index contributed by atoms with van der Waals surface area (Å²) in [5.41, 5.74) is 6.29. The van der Waals surface area contributed by atoms with Crippen molar-refractivity contribution in [1.29, 1.82) is 0 Å². The lowest BCUT2D eigenvalue weighted by atomic mass is 9.92. The average molecular weight is 332 g/mol. The molecule has 0 fully saturated rings. The van der Waals surface area contributed by atoms with Gasteiger partial charge >= 0.3 is 0 Å². The molecule has 0 bridgehead atoms. The minimum atomic E-state index is 0.463. The number of aryl methyl sites for hydroxylation is 1. The van der Waals surface area contributed by atoms with E-state index in [0.717, 1.165) is 17.9 Å². The number of nitrogens with zero attached hydrogens (tertiary/aromatic N) is 2. The maximum absolute atomic E-state index is 4.87. The predicted molar refractivity (Wildman–Crippen MR) is 107 cm³/mol. The van der Waals surface area contributed by atoms with Gasteiger partial charge in [-0.3, -0.25) is 4.57 Å². The van der Waals surface area contributed by atoms with E-state index in [4.69, 9.17) is 4.98 Å². The van der Waals surface area contributed by atoms with Crippen LogP contribution in [0.2, 0.25) is 0 Å². The Kier molecular flexibility index (Phi) is 5.08. The van der Waals surface area contributed by atoms with E-state index in [1.807, 2.05) is 0 Å². The fourth-order valence-electron chi connectivity index (χ4n) is 3.41. The Morgan fingerprint density at radius 3 is 2.32 bits per heavy atom. The number of rotatable bonds is 4. The number of hydrogen-bond donors (Lipinski definition) is 0. The molecule has 25 heavy (non-hydrogen) atoms. The van der Waals surface area contributed by atoms with Gasteiger partial charge in [0.2, 0.25) is 0 Å². The average Bonchev–Trinajstić information content (AvgIpc) is 2.79. The Balaban J connectivity index is 2.26. The monoisotopic (exact) mass is 332 g/mol. The number of imidazole rings is 1. The largest absolute Gasteiger partial charge is 0.299 e. The summed E-state index contributed by atoms with van der Waals surface area (Å²) in [5.74, 6) is 1.96. The number of aromatic nitrogens is 2. The highest BCUT2D eigenvalue weighted by Gasteiger charge is 2.19. The highest BCUT2D eigenvalue weighted by molar-refractivity contribution is 5.73. The quantitative estimate of drug-likeness (QED) is 0.640. The van der Waals surface area contributed by atoms with Crippen molar-refractivity contribution in [2.24, 2.45) is 0 Å². The first kappa shape index (κ1) is 17.5. The third kappa shape index (κ3) is 3.53. The summed E-state index contributed by atoms with van der Waals surface area (Å²) in [5, 5.41) is 0. The summed E-state index contributed by atoms with van der Waals surface area (Å²) in [6, 6.07) is 6.69. The van der Waals surface area contributed by atoms with Crippen molar-refractivity contribution in [1.82, 2.24) is 9.55 Å². The Morgan fingerprint density at radius 1 is 1.00 bits per heavy atom. The molecule has 0 amide bonds. The predicted octanol–water partition coefficient (Wildman–Crippen LogP) is 6.33. The van der Waals surface area contributed by atoms with Crippen molar-refractivity contribution in [3.05, 3.63) is 77.4 Å². The van der Waals surface area contributed by atoms with Gasteiger partial charge < -0.3 is 0 Å². The Labute approximate surface area is 151 Å². The van der Waals surface area contributed by atoms with Crippen LogP contribution in [0.4, 0.5) is 0 Å². The van der Waals surface area contributed by atoms with Crippen LogP contribution in [0.25, 0.3) is 11.3 Å². The summed E-state index contributed by atoms with van der Waals surface area (Å²) in [6.45, 7) is 11.1. The normalized spacial score (nSPS) is 14.3.